The average Bonchev–Trinajstić information content (AvgIpc) is 3.53. The van der Waals surface area contributed by atoms with Gasteiger partial charge in [-0.2, -0.15) is 0 Å². The molecule has 5 aromatic carbocycles. The van der Waals surface area contributed by atoms with Crippen molar-refractivity contribution in [1.82, 2.24) is 10.3 Å². The Morgan fingerprint density at radius 2 is 1.54 bits per heavy atom. The van der Waals surface area contributed by atoms with Gasteiger partial charge in [-0.1, -0.05) is 78.1 Å². The van der Waals surface area contributed by atoms with Gasteiger partial charge in [0.1, 0.15) is 16.7 Å². The van der Waals surface area contributed by atoms with Crippen molar-refractivity contribution in [2.45, 2.75) is 24.0 Å². The summed E-state index contributed by atoms with van der Waals surface area (Å²) < 4.78 is 6.54. The van der Waals surface area contributed by atoms with E-state index in [1.807, 2.05) is 98.8 Å². The highest BCUT2D eigenvalue weighted by Crippen LogP contribution is 2.37. The Morgan fingerprint density at radius 1 is 0.840 bits per heavy atom. The molecule has 1 atom stereocenters. The fourth-order valence-corrected chi connectivity index (χ4v) is 7.04. The van der Waals surface area contributed by atoms with E-state index in [0.717, 1.165) is 26.2 Å². The van der Waals surface area contributed by atoms with Crippen LogP contribution >= 0.6 is 23.1 Å². The number of amides is 3. The quantitative estimate of drug-likeness (QED) is 0.0870. The summed E-state index contributed by atoms with van der Waals surface area (Å²) in [6, 6.07) is 38.8. The lowest BCUT2D eigenvalue weighted by molar-refractivity contribution is -0.116. The number of hydrogen-bond acceptors (Lipinski definition) is 7. The van der Waals surface area contributed by atoms with E-state index in [1.54, 1.807) is 42.5 Å². The Kier molecular flexibility index (Phi) is 11.0. The highest BCUT2D eigenvalue weighted by atomic mass is 32.2. The van der Waals surface area contributed by atoms with Crippen LogP contribution in [0.1, 0.15) is 39.2 Å². The zero-order chi connectivity index (χ0) is 34.9. The molecule has 8 nitrogen and oxygen atoms in total. The highest BCUT2D eigenvalue weighted by molar-refractivity contribution is 8.00. The van der Waals surface area contributed by atoms with Crippen molar-refractivity contribution in [1.29, 1.82) is 0 Å². The van der Waals surface area contributed by atoms with Crippen LogP contribution in [0.4, 0.5) is 10.8 Å². The zero-order valence-electron chi connectivity index (χ0n) is 27.4. The first-order valence-electron chi connectivity index (χ1n) is 16.0. The molecule has 3 amide bonds. The number of carbonyl (C=O) groups excluding carboxylic acids is 3. The molecule has 0 fully saturated rings. The summed E-state index contributed by atoms with van der Waals surface area (Å²) in [5.41, 5.74) is 4.56. The molecular formula is C40H34N4O4S2. The second-order valence-electron chi connectivity index (χ2n) is 11.2. The number of rotatable bonds is 12. The van der Waals surface area contributed by atoms with Crippen LogP contribution in [0.25, 0.3) is 16.3 Å². The number of nitrogens with one attached hydrogen (secondary N) is 3. The van der Waals surface area contributed by atoms with Gasteiger partial charge in [0, 0.05) is 16.1 Å². The molecule has 6 aromatic rings. The molecule has 10 heteroatoms. The van der Waals surface area contributed by atoms with Crippen LogP contribution in [-0.2, 0) is 9.59 Å². The van der Waals surface area contributed by atoms with Gasteiger partial charge in [-0.15, -0.1) is 11.8 Å². The van der Waals surface area contributed by atoms with Crippen molar-refractivity contribution in [3.8, 4) is 5.75 Å². The largest absolute Gasteiger partial charge is 0.494 e. The van der Waals surface area contributed by atoms with Gasteiger partial charge in [0.2, 0.25) is 5.91 Å². The van der Waals surface area contributed by atoms with E-state index < -0.39 is 17.1 Å². The van der Waals surface area contributed by atoms with Crippen molar-refractivity contribution in [3.63, 3.8) is 0 Å². The fourth-order valence-electron chi connectivity index (χ4n) is 5.04. The number of hydrogen-bond donors (Lipinski definition) is 3. The van der Waals surface area contributed by atoms with Gasteiger partial charge in [-0.3, -0.25) is 14.4 Å². The normalized spacial score (nSPS) is 11.8. The Morgan fingerprint density at radius 3 is 2.24 bits per heavy atom. The van der Waals surface area contributed by atoms with Crippen molar-refractivity contribution in [2.24, 2.45) is 0 Å². The summed E-state index contributed by atoms with van der Waals surface area (Å²) in [7, 11) is 0. The molecule has 1 aromatic heterocycles. The van der Waals surface area contributed by atoms with Gasteiger partial charge in [-0.25, -0.2) is 4.98 Å². The number of anilines is 2. The van der Waals surface area contributed by atoms with E-state index >= 15 is 0 Å². The first-order chi connectivity index (χ1) is 24.3. The monoisotopic (exact) mass is 698 g/mol. The summed E-state index contributed by atoms with van der Waals surface area (Å²) >= 11 is 2.84. The summed E-state index contributed by atoms with van der Waals surface area (Å²) in [4.78, 5) is 45.7. The second-order valence-corrected chi connectivity index (χ2v) is 13.5. The number of aromatic nitrogens is 1. The molecule has 6 rings (SSSR count). The number of fused-ring (bicyclic) bond motifs is 1. The molecular weight excluding hydrogens is 665 g/mol. The third-order valence-corrected chi connectivity index (χ3v) is 9.71. The number of nitrogens with zero attached hydrogens (tertiary/aromatic N) is 1. The average molecular weight is 699 g/mol. The van der Waals surface area contributed by atoms with Crippen LogP contribution in [0.15, 0.2) is 138 Å². The molecule has 0 aliphatic heterocycles. The molecule has 1 unspecified atom stereocenters. The van der Waals surface area contributed by atoms with Crippen LogP contribution in [0.5, 0.6) is 5.75 Å². The van der Waals surface area contributed by atoms with E-state index in [1.165, 1.54) is 23.1 Å². The summed E-state index contributed by atoms with van der Waals surface area (Å²) in [6.07, 6.45) is 1.62. The maximum Gasteiger partial charge on any atom is 0.272 e. The number of thiazole rings is 1. The zero-order valence-corrected chi connectivity index (χ0v) is 29.0. The maximum atomic E-state index is 13.7. The maximum absolute atomic E-state index is 13.7. The molecule has 250 valence electrons. The molecule has 50 heavy (non-hydrogen) atoms. The molecule has 0 aliphatic carbocycles. The lowest BCUT2D eigenvalue weighted by Gasteiger charge is -2.17. The van der Waals surface area contributed by atoms with E-state index in [9.17, 15) is 14.4 Å². The van der Waals surface area contributed by atoms with E-state index in [-0.39, 0.29) is 11.6 Å². The van der Waals surface area contributed by atoms with Crippen molar-refractivity contribution in [2.75, 3.05) is 17.2 Å². The molecule has 3 N–H and O–H groups in total. The Hall–Kier alpha value is -5.71. The molecule has 0 aliphatic rings. The van der Waals surface area contributed by atoms with Crippen molar-refractivity contribution >= 4 is 67.9 Å². The predicted octanol–water partition coefficient (Wildman–Crippen LogP) is 8.89. The van der Waals surface area contributed by atoms with E-state index in [4.69, 9.17) is 4.74 Å². The van der Waals surface area contributed by atoms with Crippen LogP contribution in [0.2, 0.25) is 0 Å². The first kappa shape index (κ1) is 34.2. The lowest BCUT2D eigenvalue weighted by Crippen LogP contribution is -2.30. The smallest absolute Gasteiger partial charge is 0.272 e. The minimum atomic E-state index is -0.553. The number of thioether (sulfide) groups is 1. The molecule has 0 radical (unpaired) electrons. The van der Waals surface area contributed by atoms with Crippen molar-refractivity contribution in [3.05, 3.63) is 155 Å². The third kappa shape index (κ3) is 8.84. The highest BCUT2D eigenvalue weighted by Gasteiger charge is 2.24. The molecule has 0 spiro atoms. The van der Waals surface area contributed by atoms with Crippen LogP contribution in [-0.4, -0.2) is 29.3 Å². The SMILES string of the molecule is CCOc1ccc(/C=C(\NC(=O)c2ccccc2)C(=O)Nc2ccc(SC(C(=O)Nc3nc4ccc(C)cc4s3)c3ccccc3)cc2)cc1. The van der Waals surface area contributed by atoms with Gasteiger partial charge >= 0.3 is 0 Å². The number of carbonyl (C=O) groups is 3. The first-order valence-corrected chi connectivity index (χ1v) is 17.7. The van der Waals surface area contributed by atoms with Gasteiger partial charge in [-0.05, 0) is 97.3 Å². The van der Waals surface area contributed by atoms with Crippen LogP contribution in [0, 0.1) is 6.92 Å². The third-order valence-electron chi connectivity index (χ3n) is 7.51. The van der Waals surface area contributed by atoms with Gasteiger partial charge in [0.25, 0.3) is 11.8 Å². The minimum Gasteiger partial charge on any atom is -0.494 e. The van der Waals surface area contributed by atoms with Crippen molar-refractivity contribution < 1.29 is 19.1 Å². The summed E-state index contributed by atoms with van der Waals surface area (Å²) in [5.74, 6) is -0.375. The number of aryl methyl sites for hydroxylation is 1. The standard InChI is InChI=1S/C40H34N4O4S2/c1-3-48-31-19-15-27(16-20-31)25-34(42-37(45)29-12-8-5-9-13-29)38(46)41-30-17-21-32(22-18-30)49-36(28-10-6-4-7-11-28)39(47)44-40-43-33-23-14-26(2)24-35(33)50-40/h4-25,36H,3H2,1-2H3,(H,41,46)(H,42,45)(H,43,44,47)/b34-25-. The summed E-state index contributed by atoms with van der Waals surface area (Å²) in [5, 5.41) is 8.67. The number of ether oxygens (including phenoxy) is 1. The Balaban J connectivity index is 1.18. The Labute approximate surface area is 298 Å². The van der Waals surface area contributed by atoms with Gasteiger partial charge in [0.15, 0.2) is 5.13 Å². The molecule has 0 saturated heterocycles. The van der Waals surface area contributed by atoms with Crippen LogP contribution < -0.4 is 20.7 Å². The lowest BCUT2D eigenvalue weighted by atomic mass is 10.1. The Bertz CT molecular complexity index is 2130. The van der Waals surface area contributed by atoms with E-state index in [0.29, 0.717) is 34.3 Å². The minimum absolute atomic E-state index is 0.0762. The molecule has 1 heterocycles. The van der Waals surface area contributed by atoms with Gasteiger partial charge in [0.05, 0.1) is 16.8 Å². The van der Waals surface area contributed by atoms with Crippen LogP contribution in [0.3, 0.4) is 0 Å². The van der Waals surface area contributed by atoms with E-state index in [2.05, 4.69) is 27.0 Å². The second kappa shape index (κ2) is 16.1. The topological polar surface area (TPSA) is 109 Å². The molecule has 0 saturated carbocycles. The van der Waals surface area contributed by atoms with Gasteiger partial charge < -0.3 is 20.7 Å². The predicted molar refractivity (Wildman–Crippen MR) is 203 cm³/mol. The number of benzene rings is 5. The fraction of sp³-hybridized carbons (Fsp3) is 0.100. The summed E-state index contributed by atoms with van der Waals surface area (Å²) in [6.45, 7) is 4.47. The molecule has 0 bridgehead atoms.